The van der Waals surface area contributed by atoms with Crippen molar-refractivity contribution in [2.45, 2.75) is 34.1 Å². The van der Waals surface area contributed by atoms with Gasteiger partial charge in [0, 0.05) is 18.2 Å². The molecule has 0 aliphatic rings. The van der Waals surface area contributed by atoms with Gasteiger partial charge in [0.2, 0.25) is 0 Å². The van der Waals surface area contributed by atoms with Gasteiger partial charge in [0.25, 0.3) is 0 Å². The molecule has 0 amide bonds. The third-order valence-electron chi connectivity index (χ3n) is 4.53. The predicted molar refractivity (Wildman–Crippen MR) is 113 cm³/mol. The first kappa shape index (κ1) is 24.1. The van der Waals surface area contributed by atoms with Gasteiger partial charge in [-0.25, -0.2) is 9.59 Å². The number of aryl methyl sites for hydroxylation is 1. The van der Waals surface area contributed by atoms with Crippen molar-refractivity contribution in [3.8, 4) is 11.5 Å². The minimum absolute atomic E-state index is 0. The maximum atomic E-state index is 12.6. The number of hydrogen-bond donors (Lipinski definition) is 0. The SMILES string of the molecule is CCOc1cc(OC=C=O)c2c(C)c(CCN(CC)CC)c(=O)oc2c1Cl.Cl. The van der Waals surface area contributed by atoms with Crippen LogP contribution < -0.4 is 15.1 Å². The van der Waals surface area contributed by atoms with Gasteiger partial charge in [-0.1, -0.05) is 25.4 Å². The molecule has 0 spiro atoms. The van der Waals surface area contributed by atoms with Crippen molar-refractivity contribution in [2.75, 3.05) is 26.2 Å². The monoisotopic (exact) mass is 429 g/mol. The average Bonchev–Trinajstić information content (AvgIpc) is 2.66. The zero-order valence-corrected chi connectivity index (χ0v) is 18.0. The largest absolute Gasteiger partial charge is 0.492 e. The van der Waals surface area contributed by atoms with Crippen molar-refractivity contribution in [3.63, 3.8) is 0 Å². The van der Waals surface area contributed by atoms with Crippen molar-refractivity contribution in [1.82, 2.24) is 4.90 Å². The molecule has 1 aromatic carbocycles. The molecule has 8 heteroatoms. The standard InChI is InChI=1S/C20H24ClNO5.ClH/c1-5-22(6-2)9-8-14-13(4)17-15(26-11-10-23)12-16(25-7-3)18(21)19(17)27-20(14)24;/h11-12H,5-9H2,1-4H3;1H. The maximum absolute atomic E-state index is 12.6. The summed E-state index contributed by atoms with van der Waals surface area (Å²) in [6, 6.07) is 1.59. The molecule has 0 fully saturated rings. The summed E-state index contributed by atoms with van der Waals surface area (Å²) in [7, 11) is 0. The van der Waals surface area contributed by atoms with E-state index in [0.29, 0.717) is 41.0 Å². The van der Waals surface area contributed by atoms with Crippen LogP contribution >= 0.6 is 24.0 Å². The average molecular weight is 430 g/mol. The molecule has 154 valence electrons. The third-order valence-corrected chi connectivity index (χ3v) is 4.88. The van der Waals surface area contributed by atoms with Crippen molar-refractivity contribution in [1.29, 1.82) is 0 Å². The van der Waals surface area contributed by atoms with E-state index >= 15 is 0 Å². The highest BCUT2D eigenvalue weighted by molar-refractivity contribution is 6.36. The molecule has 0 unspecified atom stereocenters. The minimum atomic E-state index is -0.431. The lowest BCUT2D eigenvalue weighted by Crippen LogP contribution is -2.27. The van der Waals surface area contributed by atoms with Crippen LogP contribution in [0.2, 0.25) is 5.02 Å². The fraction of sp³-hybridized carbons (Fsp3) is 0.450. The molecule has 0 aliphatic heterocycles. The lowest BCUT2D eigenvalue weighted by molar-refractivity contribution is 0.306. The number of likely N-dealkylation sites (N-methyl/N-ethyl adjacent to an activating group) is 1. The molecule has 2 aromatic rings. The fourth-order valence-corrected chi connectivity index (χ4v) is 3.28. The van der Waals surface area contributed by atoms with Crippen LogP contribution in [0.25, 0.3) is 11.0 Å². The Morgan fingerprint density at radius 2 is 1.93 bits per heavy atom. The molecule has 0 atom stereocenters. The van der Waals surface area contributed by atoms with Gasteiger partial charge in [0.1, 0.15) is 16.5 Å². The number of halogens is 2. The van der Waals surface area contributed by atoms with Gasteiger partial charge in [0.15, 0.2) is 17.8 Å². The van der Waals surface area contributed by atoms with E-state index in [1.54, 1.807) is 12.0 Å². The van der Waals surface area contributed by atoms with Crippen LogP contribution in [-0.4, -0.2) is 37.1 Å². The second-order valence-electron chi connectivity index (χ2n) is 5.95. The molecule has 0 saturated carbocycles. The number of benzene rings is 1. The quantitative estimate of drug-likeness (QED) is 0.338. The van der Waals surface area contributed by atoms with E-state index in [-0.39, 0.29) is 23.0 Å². The van der Waals surface area contributed by atoms with E-state index in [4.69, 9.17) is 25.5 Å². The van der Waals surface area contributed by atoms with Gasteiger partial charge in [-0.3, -0.25) is 0 Å². The van der Waals surface area contributed by atoms with Gasteiger partial charge in [-0.15, -0.1) is 12.4 Å². The molecule has 0 N–H and O–H groups in total. The van der Waals surface area contributed by atoms with Crippen LogP contribution in [-0.2, 0) is 11.2 Å². The van der Waals surface area contributed by atoms with E-state index in [1.807, 2.05) is 13.8 Å². The molecule has 28 heavy (non-hydrogen) atoms. The number of fused-ring (bicyclic) bond motifs is 1. The van der Waals surface area contributed by atoms with Gasteiger partial charge < -0.3 is 18.8 Å². The molecule has 0 bridgehead atoms. The van der Waals surface area contributed by atoms with Crippen molar-refractivity contribution in [3.05, 3.63) is 38.9 Å². The molecular weight excluding hydrogens is 405 g/mol. The Balaban J connectivity index is 0.00000392. The Hall–Kier alpha value is -1.98. The Morgan fingerprint density at radius 3 is 2.50 bits per heavy atom. The number of hydrogen-bond acceptors (Lipinski definition) is 6. The summed E-state index contributed by atoms with van der Waals surface area (Å²) < 4.78 is 16.4. The normalized spacial score (nSPS) is 10.5. The van der Waals surface area contributed by atoms with E-state index in [9.17, 15) is 9.59 Å². The highest BCUT2D eigenvalue weighted by Crippen LogP contribution is 2.41. The lowest BCUT2D eigenvalue weighted by atomic mass is 10.0. The maximum Gasteiger partial charge on any atom is 0.339 e. The zero-order valence-electron chi connectivity index (χ0n) is 16.5. The summed E-state index contributed by atoms with van der Waals surface area (Å²) in [5.74, 6) is 2.22. The Bertz CT molecular complexity index is 915. The van der Waals surface area contributed by atoms with Gasteiger partial charge in [-0.2, -0.15) is 0 Å². The Kier molecular flexibility index (Phi) is 9.56. The van der Waals surface area contributed by atoms with Crippen molar-refractivity contribution in [2.24, 2.45) is 0 Å². The summed E-state index contributed by atoms with van der Waals surface area (Å²) in [5.41, 5.74) is 1.04. The number of rotatable bonds is 9. The van der Waals surface area contributed by atoms with E-state index < -0.39 is 5.63 Å². The van der Waals surface area contributed by atoms with Crippen molar-refractivity contribution < 1.29 is 18.7 Å². The summed E-state index contributed by atoms with van der Waals surface area (Å²) in [4.78, 5) is 25.4. The van der Waals surface area contributed by atoms with Crippen LogP contribution in [0.5, 0.6) is 11.5 Å². The first-order valence-electron chi connectivity index (χ1n) is 8.98. The second-order valence-corrected chi connectivity index (χ2v) is 6.33. The van der Waals surface area contributed by atoms with Crippen LogP contribution in [0, 0.1) is 6.92 Å². The third kappa shape index (κ3) is 5.09. The van der Waals surface area contributed by atoms with Crippen LogP contribution in [0.15, 0.2) is 21.5 Å². The summed E-state index contributed by atoms with van der Waals surface area (Å²) in [5, 5.41) is 0.744. The molecule has 2 rings (SSSR count). The summed E-state index contributed by atoms with van der Waals surface area (Å²) >= 11 is 6.39. The number of nitrogens with zero attached hydrogens (tertiary/aromatic N) is 1. The molecule has 0 aliphatic carbocycles. The Labute approximate surface area is 175 Å². The molecule has 0 saturated heterocycles. The number of ether oxygens (including phenoxy) is 2. The molecule has 0 radical (unpaired) electrons. The van der Waals surface area contributed by atoms with Crippen molar-refractivity contribution >= 4 is 40.9 Å². The van der Waals surface area contributed by atoms with Crippen LogP contribution in [0.1, 0.15) is 31.9 Å². The molecule has 6 nitrogen and oxygen atoms in total. The van der Waals surface area contributed by atoms with Gasteiger partial charge in [0.05, 0.1) is 12.0 Å². The summed E-state index contributed by atoms with van der Waals surface area (Å²) in [6.45, 7) is 10.7. The molecule has 1 heterocycles. The van der Waals surface area contributed by atoms with Crippen LogP contribution in [0.3, 0.4) is 0 Å². The Morgan fingerprint density at radius 1 is 1.25 bits per heavy atom. The van der Waals surface area contributed by atoms with Crippen LogP contribution in [0.4, 0.5) is 0 Å². The first-order valence-corrected chi connectivity index (χ1v) is 9.36. The molecule has 1 aromatic heterocycles. The fourth-order valence-electron chi connectivity index (χ4n) is 3.04. The topological polar surface area (TPSA) is 69.0 Å². The highest BCUT2D eigenvalue weighted by atomic mass is 35.5. The first-order chi connectivity index (χ1) is 13.0. The van der Waals surface area contributed by atoms with E-state index in [0.717, 1.165) is 25.9 Å². The van der Waals surface area contributed by atoms with Gasteiger partial charge in [-0.05, 0) is 38.9 Å². The summed E-state index contributed by atoms with van der Waals surface area (Å²) in [6.07, 6.45) is 1.44. The van der Waals surface area contributed by atoms with E-state index in [1.165, 1.54) is 0 Å². The smallest absolute Gasteiger partial charge is 0.339 e. The highest BCUT2D eigenvalue weighted by Gasteiger charge is 2.21. The lowest BCUT2D eigenvalue weighted by Gasteiger charge is -2.19. The molecular formula is C20H25Cl2NO5. The minimum Gasteiger partial charge on any atom is -0.492 e. The second kappa shape index (κ2) is 11.1. The van der Waals surface area contributed by atoms with E-state index in [2.05, 4.69) is 18.7 Å². The number of carbonyl (C=O) groups excluding carboxylic acids is 1. The predicted octanol–water partition coefficient (Wildman–Crippen LogP) is 4.18. The zero-order chi connectivity index (χ0) is 20.0. The van der Waals surface area contributed by atoms with Gasteiger partial charge >= 0.3 is 5.63 Å².